The van der Waals surface area contributed by atoms with E-state index in [0.717, 1.165) is 0 Å². The molecular formula is C19H15F2NO5. The monoisotopic (exact) mass is 375 g/mol. The normalized spacial score (nSPS) is 14.9. The van der Waals surface area contributed by atoms with Gasteiger partial charge < -0.3 is 18.9 Å². The maximum Gasteiger partial charge on any atom is 0.387 e. The Morgan fingerprint density at radius 1 is 1.04 bits per heavy atom. The lowest BCUT2D eigenvalue weighted by Gasteiger charge is -2.10. The number of halogens is 2. The second-order valence-electron chi connectivity index (χ2n) is 5.33. The molecule has 8 heteroatoms. The summed E-state index contributed by atoms with van der Waals surface area (Å²) in [4.78, 5) is 16.3. The van der Waals surface area contributed by atoms with E-state index in [1.807, 2.05) is 0 Å². The van der Waals surface area contributed by atoms with Gasteiger partial charge in [0.2, 0.25) is 5.90 Å². The van der Waals surface area contributed by atoms with Crippen molar-refractivity contribution in [1.29, 1.82) is 0 Å². The Hall–Kier alpha value is -3.42. The molecule has 0 bridgehead atoms. The molecule has 140 valence electrons. The molecule has 1 aliphatic rings. The summed E-state index contributed by atoms with van der Waals surface area (Å²) < 4.78 is 44.9. The number of benzene rings is 2. The molecule has 3 rings (SSSR count). The topological polar surface area (TPSA) is 66.3 Å². The molecule has 0 saturated carbocycles. The molecule has 0 N–H and O–H groups in total. The fraction of sp³-hybridized carbons (Fsp3) is 0.158. The average molecular weight is 375 g/mol. The van der Waals surface area contributed by atoms with Crippen LogP contribution in [0, 0.1) is 0 Å². The van der Waals surface area contributed by atoms with Crippen LogP contribution in [0.2, 0.25) is 0 Å². The van der Waals surface area contributed by atoms with Crippen molar-refractivity contribution in [2.45, 2.75) is 6.61 Å². The highest BCUT2D eigenvalue weighted by molar-refractivity contribution is 6.13. The molecule has 0 atom stereocenters. The minimum absolute atomic E-state index is 0.0177. The van der Waals surface area contributed by atoms with Gasteiger partial charge >= 0.3 is 12.6 Å². The number of hydrogen-bond donors (Lipinski definition) is 0. The highest BCUT2D eigenvalue weighted by atomic mass is 19.3. The summed E-state index contributed by atoms with van der Waals surface area (Å²) in [6.07, 6.45) is 1.41. The number of carbonyl (C=O) groups is 1. The second-order valence-corrected chi connectivity index (χ2v) is 5.33. The number of cyclic esters (lactones) is 1. The van der Waals surface area contributed by atoms with E-state index in [0.29, 0.717) is 16.9 Å². The summed E-state index contributed by atoms with van der Waals surface area (Å²) in [5.74, 6) is -0.0708. The number of hydrogen-bond acceptors (Lipinski definition) is 6. The van der Waals surface area contributed by atoms with Crippen LogP contribution in [0.4, 0.5) is 8.78 Å². The van der Waals surface area contributed by atoms with Crippen molar-refractivity contribution in [2.24, 2.45) is 4.99 Å². The van der Waals surface area contributed by atoms with Crippen LogP contribution in [-0.4, -0.2) is 32.7 Å². The Morgan fingerprint density at radius 3 is 2.48 bits per heavy atom. The van der Waals surface area contributed by atoms with Crippen LogP contribution in [0.25, 0.3) is 6.08 Å². The van der Waals surface area contributed by atoms with Crippen molar-refractivity contribution in [3.63, 3.8) is 0 Å². The Balaban J connectivity index is 1.95. The molecule has 6 nitrogen and oxygen atoms in total. The first kappa shape index (κ1) is 18.4. The van der Waals surface area contributed by atoms with Gasteiger partial charge in [-0.1, -0.05) is 18.2 Å². The van der Waals surface area contributed by atoms with E-state index in [2.05, 4.69) is 9.73 Å². The number of alkyl halides is 2. The fourth-order valence-corrected chi connectivity index (χ4v) is 2.47. The number of ether oxygens (including phenoxy) is 4. The maximum atomic E-state index is 12.5. The number of esters is 1. The molecule has 0 fully saturated rings. The Labute approximate surface area is 153 Å². The number of nitrogens with zero attached hydrogens (tertiary/aromatic N) is 1. The van der Waals surface area contributed by atoms with Gasteiger partial charge in [0.25, 0.3) is 0 Å². The van der Waals surface area contributed by atoms with Crippen LogP contribution in [0.1, 0.15) is 11.1 Å². The molecule has 0 saturated heterocycles. The lowest BCUT2D eigenvalue weighted by atomic mass is 10.1. The van der Waals surface area contributed by atoms with Crippen molar-refractivity contribution >= 4 is 17.9 Å². The zero-order chi connectivity index (χ0) is 19.4. The third-order valence-electron chi connectivity index (χ3n) is 3.67. The summed E-state index contributed by atoms with van der Waals surface area (Å²) in [5, 5.41) is 0. The highest BCUT2D eigenvalue weighted by Gasteiger charge is 2.26. The Bertz CT molecular complexity index is 924. The minimum atomic E-state index is -3.01. The lowest BCUT2D eigenvalue weighted by Crippen LogP contribution is -2.06. The van der Waals surface area contributed by atoms with Crippen LogP contribution in [0.3, 0.4) is 0 Å². The van der Waals surface area contributed by atoms with E-state index in [1.165, 1.54) is 32.4 Å². The summed E-state index contributed by atoms with van der Waals surface area (Å²) >= 11 is 0. The number of carbonyl (C=O) groups excluding carboxylic acids is 1. The van der Waals surface area contributed by atoms with E-state index in [9.17, 15) is 13.6 Å². The zero-order valence-corrected chi connectivity index (χ0v) is 14.4. The number of methoxy groups -OCH3 is 2. The molecule has 0 aromatic heterocycles. The minimum Gasteiger partial charge on any atom is -0.496 e. The molecule has 0 radical (unpaired) electrons. The lowest BCUT2D eigenvalue weighted by molar-refractivity contribution is -0.129. The quantitative estimate of drug-likeness (QED) is 0.570. The van der Waals surface area contributed by atoms with Gasteiger partial charge in [-0.2, -0.15) is 8.78 Å². The smallest absolute Gasteiger partial charge is 0.387 e. The molecule has 0 spiro atoms. The van der Waals surface area contributed by atoms with Gasteiger partial charge in [-0.15, -0.1) is 0 Å². The average Bonchev–Trinajstić information content (AvgIpc) is 3.02. The SMILES string of the molecule is COc1ccc(/C=C2\N=C(c3ccccc3OC)OC2=O)cc1OC(F)F. The summed E-state index contributed by atoms with van der Waals surface area (Å²) in [7, 11) is 2.83. The standard InChI is InChI=1S/C19H15F2NO5/c1-24-14-6-4-3-5-12(14)17-22-13(18(23)27-17)9-11-7-8-15(25-2)16(10-11)26-19(20)21/h3-10,19H,1-2H3/b13-9-. The van der Waals surface area contributed by atoms with E-state index >= 15 is 0 Å². The van der Waals surface area contributed by atoms with E-state index in [4.69, 9.17) is 14.2 Å². The Morgan fingerprint density at radius 2 is 1.78 bits per heavy atom. The van der Waals surface area contributed by atoms with Crippen molar-refractivity contribution < 1.29 is 32.5 Å². The van der Waals surface area contributed by atoms with E-state index in [-0.39, 0.29) is 23.1 Å². The van der Waals surface area contributed by atoms with E-state index < -0.39 is 12.6 Å². The van der Waals surface area contributed by atoms with Gasteiger partial charge in [0.1, 0.15) is 5.75 Å². The summed E-state index contributed by atoms with van der Waals surface area (Å²) in [6.45, 7) is -3.01. The third-order valence-corrected chi connectivity index (χ3v) is 3.67. The third kappa shape index (κ3) is 4.05. The van der Waals surface area contributed by atoms with Crippen LogP contribution in [-0.2, 0) is 9.53 Å². The van der Waals surface area contributed by atoms with Crippen molar-refractivity contribution in [3.05, 3.63) is 59.3 Å². The molecule has 0 amide bonds. The number of rotatable bonds is 6. The predicted molar refractivity (Wildman–Crippen MR) is 93.2 cm³/mol. The van der Waals surface area contributed by atoms with Gasteiger partial charge in [-0.05, 0) is 35.9 Å². The van der Waals surface area contributed by atoms with Gasteiger partial charge in [0, 0.05) is 0 Å². The summed E-state index contributed by atoms with van der Waals surface area (Å²) in [5.41, 5.74) is 0.959. The Kier molecular flexibility index (Phi) is 5.35. The molecule has 2 aromatic carbocycles. The van der Waals surface area contributed by atoms with Crippen molar-refractivity contribution in [1.82, 2.24) is 0 Å². The van der Waals surface area contributed by atoms with Crippen LogP contribution in [0.15, 0.2) is 53.2 Å². The number of para-hydroxylation sites is 1. The maximum absolute atomic E-state index is 12.5. The van der Waals surface area contributed by atoms with Gasteiger partial charge in [0.05, 0.1) is 19.8 Å². The first-order valence-corrected chi connectivity index (χ1v) is 7.80. The first-order chi connectivity index (χ1) is 13.0. The number of aliphatic imine (C=N–C) groups is 1. The molecule has 1 aliphatic heterocycles. The largest absolute Gasteiger partial charge is 0.496 e. The van der Waals surface area contributed by atoms with Gasteiger partial charge in [0.15, 0.2) is 17.2 Å². The van der Waals surface area contributed by atoms with Gasteiger partial charge in [-0.25, -0.2) is 9.79 Å². The molecule has 0 unspecified atom stereocenters. The molecular weight excluding hydrogens is 360 g/mol. The van der Waals surface area contributed by atoms with Crippen molar-refractivity contribution in [2.75, 3.05) is 14.2 Å². The van der Waals surface area contributed by atoms with Crippen molar-refractivity contribution in [3.8, 4) is 17.2 Å². The van der Waals surface area contributed by atoms with E-state index in [1.54, 1.807) is 30.3 Å². The first-order valence-electron chi connectivity index (χ1n) is 7.80. The highest BCUT2D eigenvalue weighted by Crippen LogP contribution is 2.31. The van der Waals surface area contributed by atoms with Crippen LogP contribution < -0.4 is 14.2 Å². The second kappa shape index (κ2) is 7.86. The summed E-state index contributed by atoms with van der Waals surface area (Å²) in [6, 6.07) is 11.3. The molecule has 2 aromatic rings. The molecule has 27 heavy (non-hydrogen) atoms. The van der Waals surface area contributed by atoms with Gasteiger partial charge in [-0.3, -0.25) is 0 Å². The van der Waals surface area contributed by atoms with Crippen LogP contribution >= 0.6 is 0 Å². The predicted octanol–water partition coefficient (Wildman–Crippen LogP) is 3.65. The molecule has 1 heterocycles. The van der Waals surface area contributed by atoms with Crippen LogP contribution in [0.5, 0.6) is 17.2 Å². The fourth-order valence-electron chi connectivity index (χ4n) is 2.47. The zero-order valence-electron chi connectivity index (χ0n) is 14.4. The molecule has 0 aliphatic carbocycles.